The van der Waals surface area contributed by atoms with Crippen molar-refractivity contribution in [3.63, 3.8) is 0 Å². The van der Waals surface area contributed by atoms with Crippen molar-refractivity contribution in [1.29, 1.82) is 0 Å². The van der Waals surface area contributed by atoms with Gasteiger partial charge in [0.25, 0.3) is 11.8 Å². The van der Waals surface area contributed by atoms with E-state index in [4.69, 9.17) is 4.84 Å². The topological polar surface area (TPSA) is 67.4 Å². The molecule has 3 aromatic rings. The standard InChI is InChI=1S/C19H16N2O3S/c22-18(21-24-13-14-7-2-1-3-8-14)15-9-4-5-10-16(15)20-19(23)17-11-6-12-25-17/h1-12H,13H2,(H,20,23)(H,21,22). The Bertz CT molecular complexity index is 848. The van der Waals surface area contributed by atoms with Crippen molar-refractivity contribution in [3.8, 4) is 0 Å². The molecule has 1 aromatic heterocycles. The predicted octanol–water partition coefficient (Wildman–Crippen LogP) is 3.86. The Morgan fingerprint density at radius 1 is 0.880 bits per heavy atom. The van der Waals surface area contributed by atoms with Crippen molar-refractivity contribution in [1.82, 2.24) is 5.48 Å². The van der Waals surface area contributed by atoms with Crippen LogP contribution in [0.2, 0.25) is 0 Å². The second kappa shape index (κ2) is 8.23. The van der Waals surface area contributed by atoms with Crippen LogP contribution in [0.5, 0.6) is 0 Å². The largest absolute Gasteiger partial charge is 0.321 e. The lowest BCUT2D eigenvalue weighted by Gasteiger charge is -2.11. The van der Waals surface area contributed by atoms with Gasteiger partial charge in [0.05, 0.1) is 22.7 Å². The van der Waals surface area contributed by atoms with Gasteiger partial charge in [0, 0.05) is 0 Å². The number of nitrogens with one attached hydrogen (secondary N) is 2. The second-order valence-corrected chi connectivity index (χ2v) is 6.13. The molecule has 0 aliphatic carbocycles. The highest BCUT2D eigenvalue weighted by Gasteiger charge is 2.14. The van der Waals surface area contributed by atoms with E-state index in [-0.39, 0.29) is 12.5 Å². The van der Waals surface area contributed by atoms with Gasteiger partial charge in [-0.1, -0.05) is 48.5 Å². The Labute approximate surface area is 149 Å². The van der Waals surface area contributed by atoms with Gasteiger partial charge in [0.2, 0.25) is 0 Å². The Morgan fingerprint density at radius 2 is 1.64 bits per heavy atom. The molecule has 0 atom stereocenters. The molecule has 0 unspecified atom stereocenters. The monoisotopic (exact) mass is 352 g/mol. The van der Waals surface area contributed by atoms with E-state index in [2.05, 4.69) is 10.8 Å². The van der Waals surface area contributed by atoms with E-state index in [1.807, 2.05) is 35.7 Å². The first kappa shape index (κ1) is 16.9. The number of hydrogen-bond donors (Lipinski definition) is 2. The number of amides is 2. The Kier molecular flexibility index (Phi) is 5.56. The maximum absolute atomic E-state index is 12.3. The maximum Gasteiger partial charge on any atom is 0.276 e. The first-order valence-corrected chi connectivity index (χ1v) is 8.52. The molecule has 0 fully saturated rings. The summed E-state index contributed by atoms with van der Waals surface area (Å²) in [5, 5.41) is 4.58. The molecule has 25 heavy (non-hydrogen) atoms. The first-order valence-electron chi connectivity index (χ1n) is 7.64. The van der Waals surface area contributed by atoms with Crippen molar-refractivity contribution in [2.75, 3.05) is 5.32 Å². The van der Waals surface area contributed by atoms with Crippen molar-refractivity contribution in [2.45, 2.75) is 6.61 Å². The quantitative estimate of drug-likeness (QED) is 0.662. The molecule has 1 heterocycles. The fourth-order valence-electron chi connectivity index (χ4n) is 2.20. The van der Waals surface area contributed by atoms with Crippen LogP contribution in [0.25, 0.3) is 0 Å². The van der Waals surface area contributed by atoms with E-state index in [0.29, 0.717) is 16.1 Å². The average molecular weight is 352 g/mol. The smallest absolute Gasteiger partial charge is 0.276 e. The average Bonchev–Trinajstić information content (AvgIpc) is 3.18. The molecule has 0 saturated heterocycles. The normalized spacial score (nSPS) is 10.2. The number of carbonyl (C=O) groups excluding carboxylic acids is 2. The van der Waals surface area contributed by atoms with E-state index in [1.165, 1.54) is 11.3 Å². The van der Waals surface area contributed by atoms with Crippen LogP contribution in [0.4, 0.5) is 5.69 Å². The molecular formula is C19H16N2O3S. The number of benzene rings is 2. The van der Waals surface area contributed by atoms with Gasteiger partial charge < -0.3 is 5.32 Å². The summed E-state index contributed by atoms with van der Waals surface area (Å²) in [4.78, 5) is 30.4. The second-order valence-electron chi connectivity index (χ2n) is 5.18. The van der Waals surface area contributed by atoms with Crippen molar-refractivity contribution in [3.05, 3.63) is 88.1 Å². The molecule has 0 radical (unpaired) electrons. The molecule has 6 heteroatoms. The highest BCUT2D eigenvalue weighted by Crippen LogP contribution is 2.18. The summed E-state index contributed by atoms with van der Waals surface area (Å²) in [7, 11) is 0. The Balaban J connectivity index is 1.63. The first-order chi connectivity index (χ1) is 12.2. The summed E-state index contributed by atoms with van der Waals surface area (Å²) < 4.78 is 0. The molecule has 2 amide bonds. The molecular weight excluding hydrogens is 336 g/mol. The molecule has 126 valence electrons. The van der Waals surface area contributed by atoms with Gasteiger partial charge in [-0.25, -0.2) is 5.48 Å². The van der Waals surface area contributed by atoms with Crippen LogP contribution in [-0.4, -0.2) is 11.8 Å². The van der Waals surface area contributed by atoms with E-state index in [0.717, 1.165) is 5.56 Å². The summed E-state index contributed by atoms with van der Waals surface area (Å²) >= 11 is 1.34. The fourth-order valence-corrected chi connectivity index (χ4v) is 2.81. The zero-order valence-electron chi connectivity index (χ0n) is 13.3. The van der Waals surface area contributed by atoms with Crippen LogP contribution in [0.3, 0.4) is 0 Å². The van der Waals surface area contributed by atoms with Gasteiger partial charge >= 0.3 is 0 Å². The maximum atomic E-state index is 12.3. The summed E-state index contributed by atoms with van der Waals surface area (Å²) in [5.41, 5.74) is 4.12. The predicted molar refractivity (Wildman–Crippen MR) is 97.4 cm³/mol. The number of para-hydroxylation sites is 1. The zero-order valence-corrected chi connectivity index (χ0v) is 14.1. The van der Waals surface area contributed by atoms with Crippen molar-refractivity contribution < 1.29 is 14.4 Å². The lowest BCUT2D eigenvalue weighted by Crippen LogP contribution is -2.25. The molecule has 0 aliphatic heterocycles. The van der Waals surface area contributed by atoms with E-state index >= 15 is 0 Å². The van der Waals surface area contributed by atoms with Crippen LogP contribution in [0.15, 0.2) is 72.1 Å². The number of carbonyl (C=O) groups is 2. The summed E-state index contributed by atoms with van der Waals surface area (Å²) in [6.45, 7) is 0.260. The van der Waals surface area contributed by atoms with E-state index < -0.39 is 5.91 Å². The zero-order chi connectivity index (χ0) is 17.5. The molecule has 0 saturated carbocycles. The third-order valence-electron chi connectivity index (χ3n) is 3.41. The molecule has 0 spiro atoms. The Morgan fingerprint density at radius 3 is 2.40 bits per heavy atom. The van der Waals surface area contributed by atoms with Gasteiger partial charge in [-0.2, -0.15) is 0 Å². The number of hydroxylamine groups is 1. The lowest BCUT2D eigenvalue weighted by atomic mass is 10.1. The van der Waals surface area contributed by atoms with Gasteiger partial charge in [-0.3, -0.25) is 14.4 Å². The van der Waals surface area contributed by atoms with Gasteiger partial charge in [-0.05, 0) is 29.1 Å². The minimum absolute atomic E-state index is 0.250. The van der Waals surface area contributed by atoms with Gasteiger partial charge in [-0.15, -0.1) is 11.3 Å². The molecule has 0 aliphatic rings. The molecule has 3 rings (SSSR count). The molecule has 0 bridgehead atoms. The third kappa shape index (κ3) is 4.53. The number of anilines is 1. The van der Waals surface area contributed by atoms with Crippen molar-refractivity contribution >= 4 is 28.8 Å². The highest BCUT2D eigenvalue weighted by molar-refractivity contribution is 7.12. The van der Waals surface area contributed by atoms with Crippen LogP contribution < -0.4 is 10.8 Å². The van der Waals surface area contributed by atoms with Crippen LogP contribution in [0.1, 0.15) is 25.6 Å². The SMILES string of the molecule is O=C(Nc1ccccc1C(=O)NOCc1ccccc1)c1cccs1. The lowest BCUT2D eigenvalue weighted by molar-refractivity contribution is 0.0234. The number of hydrogen-bond acceptors (Lipinski definition) is 4. The summed E-state index contributed by atoms with van der Waals surface area (Å²) in [6, 6.07) is 19.8. The fraction of sp³-hybridized carbons (Fsp3) is 0.0526. The molecule has 2 N–H and O–H groups in total. The minimum atomic E-state index is -0.419. The Hall–Kier alpha value is -2.96. The minimum Gasteiger partial charge on any atom is -0.321 e. The number of thiophene rings is 1. The van der Waals surface area contributed by atoms with Crippen LogP contribution in [0, 0.1) is 0 Å². The van der Waals surface area contributed by atoms with Gasteiger partial charge in [0.1, 0.15) is 0 Å². The molecule has 2 aromatic carbocycles. The van der Waals surface area contributed by atoms with Crippen molar-refractivity contribution in [2.24, 2.45) is 0 Å². The number of rotatable bonds is 6. The molecule has 5 nitrogen and oxygen atoms in total. The van der Waals surface area contributed by atoms with E-state index in [1.54, 1.807) is 36.4 Å². The van der Waals surface area contributed by atoms with Gasteiger partial charge in [0.15, 0.2) is 0 Å². The van der Waals surface area contributed by atoms with E-state index in [9.17, 15) is 9.59 Å². The van der Waals surface area contributed by atoms with Crippen LogP contribution >= 0.6 is 11.3 Å². The third-order valence-corrected chi connectivity index (χ3v) is 4.28. The summed E-state index contributed by atoms with van der Waals surface area (Å²) in [6.07, 6.45) is 0. The van der Waals surface area contributed by atoms with Crippen LogP contribution in [-0.2, 0) is 11.4 Å². The highest BCUT2D eigenvalue weighted by atomic mass is 32.1. The summed E-state index contributed by atoms with van der Waals surface area (Å²) in [5.74, 6) is -0.668.